The quantitative estimate of drug-likeness (QED) is 0.829. The molecule has 1 fully saturated rings. The fourth-order valence-corrected chi connectivity index (χ4v) is 3.41. The topological polar surface area (TPSA) is 46.3 Å². The molecule has 5 heteroatoms. The summed E-state index contributed by atoms with van der Waals surface area (Å²) in [5, 5.41) is 0.395. The van der Waals surface area contributed by atoms with Crippen LogP contribution in [0.25, 0.3) is 0 Å². The third kappa shape index (κ3) is 5.25. The molecule has 1 aromatic carbocycles. The third-order valence-corrected chi connectivity index (χ3v) is 4.76. The summed E-state index contributed by atoms with van der Waals surface area (Å²) in [6.07, 6.45) is 7.45. The summed E-state index contributed by atoms with van der Waals surface area (Å²) in [4.78, 5) is 13.2. The second-order valence-corrected chi connectivity index (χ2v) is 6.58. The van der Waals surface area contributed by atoms with Gasteiger partial charge in [0.2, 0.25) is 5.91 Å². The van der Waals surface area contributed by atoms with Crippen molar-refractivity contribution in [2.45, 2.75) is 45.1 Å². The minimum atomic E-state index is -0.392. The first-order chi connectivity index (χ1) is 10.6. The number of primary amides is 1. The molecule has 3 nitrogen and oxygen atoms in total. The Labute approximate surface area is 136 Å². The summed E-state index contributed by atoms with van der Waals surface area (Å²) in [6.45, 7) is 1.21. The lowest BCUT2D eigenvalue weighted by Crippen LogP contribution is -2.35. The Kier molecular flexibility index (Phi) is 6.65. The van der Waals surface area contributed by atoms with Crippen LogP contribution in [0.3, 0.4) is 0 Å². The van der Waals surface area contributed by atoms with Crippen LogP contribution in [0.15, 0.2) is 18.2 Å². The van der Waals surface area contributed by atoms with Gasteiger partial charge in [-0.15, -0.1) is 0 Å². The Morgan fingerprint density at radius 2 is 2.05 bits per heavy atom. The number of carbonyl (C=O) groups excluding carboxylic acids is 1. The highest BCUT2D eigenvalue weighted by Crippen LogP contribution is 2.27. The van der Waals surface area contributed by atoms with E-state index in [9.17, 15) is 9.18 Å². The molecule has 122 valence electrons. The highest BCUT2D eigenvalue weighted by Gasteiger charge is 2.18. The number of rotatable bonds is 7. The summed E-state index contributed by atoms with van der Waals surface area (Å²) < 4.78 is 13.9. The van der Waals surface area contributed by atoms with Crippen molar-refractivity contribution in [3.8, 4) is 0 Å². The zero-order chi connectivity index (χ0) is 15.9. The van der Waals surface area contributed by atoms with Gasteiger partial charge in [0, 0.05) is 17.1 Å². The predicted molar refractivity (Wildman–Crippen MR) is 87.1 cm³/mol. The Morgan fingerprint density at radius 1 is 1.32 bits per heavy atom. The number of hydrogen-bond donors (Lipinski definition) is 1. The minimum absolute atomic E-state index is 0.136. The van der Waals surface area contributed by atoms with Gasteiger partial charge in [0.25, 0.3) is 0 Å². The van der Waals surface area contributed by atoms with Crippen molar-refractivity contribution in [1.29, 1.82) is 0 Å². The van der Waals surface area contributed by atoms with Crippen LogP contribution in [-0.2, 0) is 11.3 Å². The molecule has 0 spiro atoms. The Balaban J connectivity index is 1.97. The number of nitrogens with two attached hydrogens (primary N) is 1. The maximum atomic E-state index is 13.9. The number of nitrogens with zero attached hydrogens (tertiary/aromatic N) is 1. The average molecular weight is 327 g/mol. The van der Waals surface area contributed by atoms with Gasteiger partial charge < -0.3 is 5.73 Å². The number of benzene rings is 1. The van der Waals surface area contributed by atoms with Crippen LogP contribution in [0.4, 0.5) is 4.39 Å². The number of halogens is 2. The highest BCUT2D eigenvalue weighted by atomic mass is 35.5. The molecule has 22 heavy (non-hydrogen) atoms. The molecular weight excluding hydrogens is 303 g/mol. The minimum Gasteiger partial charge on any atom is -0.369 e. The second-order valence-electron chi connectivity index (χ2n) is 6.17. The molecular formula is C17H24ClFN2O. The van der Waals surface area contributed by atoms with Crippen LogP contribution < -0.4 is 5.73 Å². The van der Waals surface area contributed by atoms with Crippen LogP contribution in [0.5, 0.6) is 0 Å². The van der Waals surface area contributed by atoms with E-state index in [4.69, 9.17) is 17.3 Å². The molecule has 0 radical (unpaired) electrons. The first-order valence-corrected chi connectivity index (χ1v) is 8.37. The standard InChI is InChI=1S/C17H24ClFN2O/c18-15-7-4-8-16(19)14(15)11-21(12-17(20)22)10-9-13-5-2-1-3-6-13/h4,7-8,13H,1-3,5-6,9-12H2,(H2,20,22). The van der Waals surface area contributed by atoms with E-state index in [0.29, 0.717) is 23.0 Å². The molecule has 1 amide bonds. The molecule has 1 aromatic rings. The lowest BCUT2D eigenvalue weighted by molar-refractivity contribution is -0.119. The van der Waals surface area contributed by atoms with Crippen molar-refractivity contribution in [1.82, 2.24) is 4.90 Å². The van der Waals surface area contributed by atoms with Crippen molar-refractivity contribution >= 4 is 17.5 Å². The molecule has 0 bridgehead atoms. The Hall–Kier alpha value is -1.13. The molecule has 0 saturated heterocycles. The van der Waals surface area contributed by atoms with Gasteiger partial charge in [-0.05, 0) is 31.0 Å². The first kappa shape index (κ1) is 17.2. The molecule has 0 heterocycles. The predicted octanol–water partition coefficient (Wildman–Crippen LogP) is 3.74. The van der Waals surface area contributed by atoms with E-state index in [0.717, 1.165) is 13.0 Å². The molecule has 1 aliphatic rings. The summed E-state index contributed by atoms with van der Waals surface area (Å²) >= 11 is 6.08. The normalized spacial score (nSPS) is 16.1. The lowest BCUT2D eigenvalue weighted by Gasteiger charge is -2.26. The van der Waals surface area contributed by atoms with E-state index in [1.54, 1.807) is 12.1 Å². The van der Waals surface area contributed by atoms with E-state index >= 15 is 0 Å². The van der Waals surface area contributed by atoms with Gasteiger partial charge in [-0.3, -0.25) is 9.69 Å². The maximum absolute atomic E-state index is 13.9. The van der Waals surface area contributed by atoms with Crippen LogP contribution in [0, 0.1) is 11.7 Å². The smallest absolute Gasteiger partial charge is 0.231 e. The fraction of sp³-hybridized carbons (Fsp3) is 0.588. The molecule has 2 rings (SSSR count). The van der Waals surface area contributed by atoms with Crippen molar-refractivity contribution < 1.29 is 9.18 Å². The molecule has 0 atom stereocenters. The van der Waals surface area contributed by atoms with Gasteiger partial charge >= 0.3 is 0 Å². The fourth-order valence-electron chi connectivity index (χ4n) is 3.18. The Morgan fingerprint density at radius 3 is 2.68 bits per heavy atom. The van der Waals surface area contributed by atoms with Crippen molar-refractivity contribution in [2.75, 3.05) is 13.1 Å². The Bertz CT molecular complexity index is 483. The molecule has 1 saturated carbocycles. The molecule has 1 aliphatic carbocycles. The summed E-state index contributed by atoms with van der Waals surface area (Å²) in [7, 11) is 0. The SMILES string of the molecule is NC(=O)CN(CCC1CCCCC1)Cc1c(F)cccc1Cl. The van der Waals surface area contributed by atoms with Gasteiger partial charge in [0.1, 0.15) is 5.82 Å². The van der Waals surface area contributed by atoms with Gasteiger partial charge in [0.05, 0.1) is 6.54 Å². The van der Waals surface area contributed by atoms with Crippen LogP contribution in [0.2, 0.25) is 5.02 Å². The van der Waals surface area contributed by atoms with Crippen LogP contribution >= 0.6 is 11.6 Å². The monoisotopic (exact) mass is 326 g/mol. The zero-order valence-corrected chi connectivity index (χ0v) is 13.6. The zero-order valence-electron chi connectivity index (χ0n) is 12.9. The van der Waals surface area contributed by atoms with Crippen LogP contribution in [-0.4, -0.2) is 23.9 Å². The second kappa shape index (κ2) is 8.49. The van der Waals surface area contributed by atoms with Gasteiger partial charge in [-0.25, -0.2) is 4.39 Å². The molecule has 0 aliphatic heterocycles. The van der Waals surface area contributed by atoms with E-state index < -0.39 is 5.91 Å². The highest BCUT2D eigenvalue weighted by molar-refractivity contribution is 6.31. The van der Waals surface area contributed by atoms with Gasteiger partial charge in [-0.1, -0.05) is 49.8 Å². The third-order valence-electron chi connectivity index (χ3n) is 4.40. The molecule has 0 aromatic heterocycles. The van der Waals surface area contributed by atoms with Gasteiger partial charge in [-0.2, -0.15) is 0 Å². The summed E-state index contributed by atoms with van der Waals surface area (Å²) in [5.74, 6) is -0.0176. The van der Waals surface area contributed by atoms with Crippen molar-refractivity contribution in [3.05, 3.63) is 34.6 Å². The van der Waals surface area contributed by atoms with Crippen molar-refractivity contribution in [2.24, 2.45) is 11.7 Å². The number of hydrogen-bond acceptors (Lipinski definition) is 2. The van der Waals surface area contributed by atoms with E-state index in [-0.39, 0.29) is 12.4 Å². The largest absolute Gasteiger partial charge is 0.369 e. The van der Waals surface area contributed by atoms with E-state index in [1.165, 1.54) is 38.2 Å². The van der Waals surface area contributed by atoms with Gasteiger partial charge in [0.15, 0.2) is 0 Å². The van der Waals surface area contributed by atoms with Crippen molar-refractivity contribution in [3.63, 3.8) is 0 Å². The molecule has 0 unspecified atom stereocenters. The first-order valence-electron chi connectivity index (χ1n) is 8.00. The molecule has 2 N–H and O–H groups in total. The summed E-state index contributed by atoms with van der Waals surface area (Å²) in [5.41, 5.74) is 5.76. The average Bonchev–Trinajstić information content (AvgIpc) is 2.49. The van der Waals surface area contributed by atoms with Crippen LogP contribution in [0.1, 0.15) is 44.1 Å². The lowest BCUT2D eigenvalue weighted by atomic mass is 9.87. The summed E-state index contributed by atoms with van der Waals surface area (Å²) in [6, 6.07) is 4.65. The maximum Gasteiger partial charge on any atom is 0.231 e. The van der Waals surface area contributed by atoms with E-state index in [1.807, 2.05) is 4.90 Å². The number of amides is 1. The number of carbonyl (C=O) groups is 1. The van der Waals surface area contributed by atoms with E-state index in [2.05, 4.69) is 0 Å².